The van der Waals surface area contributed by atoms with E-state index in [1.807, 2.05) is 109 Å². The lowest BCUT2D eigenvalue weighted by atomic mass is 10.0. The number of piperidine rings is 2. The van der Waals surface area contributed by atoms with Gasteiger partial charge in [-0.25, -0.2) is 9.59 Å². The second kappa shape index (κ2) is 16.8. The van der Waals surface area contributed by atoms with Crippen molar-refractivity contribution >= 4 is 23.6 Å². The fourth-order valence-corrected chi connectivity index (χ4v) is 6.37. The van der Waals surface area contributed by atoms with Gasteiger partial charge in [-0.2, -0.15) is 0 Å². The van der Waals surface area contributed by atoms with Crippen molar-refractivity contribution in [1.82, 2.24) is 9.80 Å². The van der Waals surface area contributed by atoms with Gasteiger partial charge in [-0.05, 0) is 48.9 Å². The van der Waals surface area contributed by atoms with Crippen molar-refractivity contribution in [3.63, 3.8) is 0 Å². The van der Waals surface area contributed by atoms with Gasteiger partial charge < -0.3 is 9.47 Å². The minimum Gasteiger partial charge on any atom is -0.446 e. The summed E-state index contributed by atoms with van der Waals surface area (Å²) >= 11 is 0. The minimum atomic E-state index is -0.403. The third kappa shape index (κ3) is 9.33. The maximum atomic E-state index is 12.7. The van der Waals surface area contributed by atoms with Crippen LogP contribution in [0.1, 0.15) is 25.7 Å². The molecule has 2 N–H and O–H groups in total. The van der Waals surface area contributed by atoms with Gasteiger partial charge in [0, 0.05) is 50.4 Å². The monoisotopic (exact) mass is 644 g/mol. The first-order chi connectivity index (χ1) is 23.6. The van der Waals surface area contributed by atoms with Crippen molar-refractivity contribution in [2.75, 3.05) is 49.9 Å². The smallest absolute Gasteiger partial charge is 0.411 e. The van der Waals surface area contributed by atoms with E-state index in [-0.39, 0.29) is 12.2 Å². The average Bonchev–Trinajstić information content (AvgIpc) is 3.12. The number of hydrogen-bond donors (Lipinski definition) is 2. The number of benzene rings is 4. The molecule has 0 radical (unpaired) electrons. The topological polar surface area (TPSA) is 83.1 Å². The number of rotatable bonds is 10. The molecule has 0 aliphatic carbocycles. The van der Waals surface area contributed by atoms with E-state index in [1.54, 1.807) is 0 Å². The molecule has 2 saturated heterocycles. The molecule has 4 aromatic carbocycles. The molecule has 0 aromatic heterocycles. The first-order valence-electron chi connectivity index (χ1n) is 16.9. The normalized spacial score (nSPS) is 16.4. The van der Waals surface area contributed by atoms with Gasteiger partial charge in [-0.3, -0.25) is 20.4 Å². The van der Waals surface area contributed by atoms with Gasteiger partial charge in [0.15, 0.2) is 0 Å². The van der Waals surface area contributed by atoms with E-state index < -0.39 is 12.2 Å². The number of carbonyl (C=O) groups excluding carboxylic acids is 2. The van der Waals surface area contributed by atoms with Crippen LogP contribution < -0.4 is 10.6 Å². The molecule has 6 rings (SSSR count). The number of para-hydroxylation sites is 2. The fraction of sp³-hybridized carbons (Fsp3) is 0.300. The summed E-state index contributed by atoms with van der Waals surface area (Å²) in [5.74, 6) is 0. The first-order valence-corrected chi connectivity index (χ1v) is 16.9. The van der Waals surface area contributed by atoms with Gasteiger partial charge in [0.25, 0.3) is 0 Å². The molecule has 8 nitrogen and oxygen atoms in total. The van der Waals surface area contributed by atoms with Crippen LogP contribution in [0.25, 0.3) is 22.3 Å². The highest BCUT2D eigenvalue weighted by atomic mass is 16.6. The Morgan fingerprint density at radius 3 is 1.29 bits per heavy atom. The number of nitrogens with zero attached hydrogens (tertiary/aromatic N) is 2. The molecule has 4 aromatic rings. The third-order valence-corrected chi connectivity index (χ3v) is 9.01. The second-order valence-corrected chi connectivity index (χ2v) is 12.4. The summed E-state index contributed by atoms with van der Waals surface area (Å²) in [6, 6.07) is 35.6. The molecule has 0 unspecified atom stereocenters. The molecule has 2 heterocycles. The maximum absolute atomic E-state index is 12.7. The van der Waals surface area contributed by atoms with Crippen LogP contribution in [0, 0.1) is 0 Å². The second-order valence-electron chi connectivity index (χ2n) is 12.4. The van der Waals surface area contributed by atoms with E-state index in [9.17, 15) is 9.59 Å². The van der Waals surface area contributed by atoms with Gasteiger partial charge >= 0.3 is 12.2 Å². The van der Waals surface area contributed by atoms with Gasteiger partial charge in [-0.15, -0.1) is 0 Å². The molecular formula is C40H44N4O4. The molecule has 2 amide bonds. The van der Waals surface area contributed by atoms with Gasteiger partial charge in [0.1, 0.15) is 12.2 Å². The van der Waals surface area contributed by atoms with E-state index in [1.165, 1.54) is 0 Å². The Morgan fingerprint density at radius 2 is 0.896 bits per heavy atom. The molecule has 2 aliphatic rings. The molecule has 8 heteroatoms. The number of likely N-dealkylation sites (tertiary alicyclic amines) is 2. The van der Waals surface area contributed by atoms with Crippen LogP contribution >= 0.6 is 0 Å². The van der Waals surface area contributed by atoms with E-state index >= 15 is 0 Å². The Morgan fingerprint density at radius 1 is 0.542 bits per heavy atom. The average molecular weight is 645 g/mol. The largest absolute Gasteiger partial charge is 0.446 e. The third-order valence-electron chi connectivity index (χ3n) is 9.01. The van der Waals surface area contributed by atoms with Crippen LogP contribution in [-0.4, -0.2) is 73.5 Å². The quantitative estimate of drug-likeness (QED) is 0.169. The maximum Gasteiger partial charge on any atom is 0.411 e. The minimum absolute atomic E-state index is 0.0849. The van der Waals surface area contributed by atoms with Crippen LogP contribution in [0.15, 0.2) is 121 Å². The van der Waals surface area contributed by atoms with Crippen LogP contribution in [0.5, 0.6) is 0 Å². The van der Waals surface area contributed by atoms with Crippen molar-refractivity contribution < 1.29 is 19.1 Å². The molecule has 248 valence electrons. The highest BCUT2D eigenvalue weighted by Crippen LogP contribution is 2.29. The van der Waals surface area contributed by atoms with E-state index in [0.29, 0.717) is 0 Å². The van der Waals surface area contributed by atoms with Crippen molar-refractivity contribution in [3.8, 4) is 22.3 Å². The summed E-state index contributed by atoms with van der Waals surface area (Å²) in [6.07, 6.45) is 6.77. The van der Waals surface area contributed by atoms with Crippen LogP contribution in [0.2, 0.25) is 0 Å². The zero-order valence-electron chi connectivity index (χ0n) is 27.3. The number of ether oxygens (including phenoxy) is 2. The Kier molecular flexibility index (Phi) is 11.5. The Hall–Kier alpha value is -4.92. The summed E-state index contributed by atoms with van der Waals surface area (Å²) in [6.45, 7) is 5.33. The fourth-order valence-electron chi connectivity index (χ4n) is 6.37. The molecule has 2 fully saturated rings. The lowest BCUT2D eigenvalue weighted by molar-refractivity contribution is 0.0608. The summed E-state index contributed by atoms with van der Waals surface area (Å²) in [5.41, 5.74) is 5.54. The molecule has 0 bridgehead atoms. The molecule has 0 saturated carbocycles. The zero-order chi connectivity index (χ0) is 33.0. The Balaban J connectivity index is 0.858. The van der Waals surface area contributed by atoms with Crippen molar-refractivity contribution in [2.24, 2.45) is 0 Å². The highest BCUT2D eigenvalue weighted by Gasteiger charge is 2.24. The predicted molar refractivity (Wildman–Crippen MR) is 192 cm³/mol. The van der Waals surface area contributed by atoms with E-state index in [4.69, 9.17) is 9.47 Å². The van der Waals surface area contributed by atoms with E-state index in [2.05, 4.69) is 32.6 Å². The Labute approximate surface area is 283 Å². The lowest BCUT2D eigenvalue weighted by Gasteiger charge is -2.31. The van der Waals surface area contributed by atoms with Gasteiger partial charge in [0.05, 0.1) is 11.4 Å². The summed E-state index contributed by atoms with van der Waals surface area (Å²) < 4.78 is 11.6. The number of amides is 2. The van der Waals surface area contributed by atoms with Crippen LogP contribution in [0.3, 0.4) is 0 Å². The number of hydrogen-bond acceptors (Lipinski definition) is 6. The highest BCUT2D eigenvalue weighted by molar-refractivity contribution is 5.92. The van der Waals surface area contributed by atoms with Gasteiger partial charge in [-0.1, -0.05) is 109 Å². The molecule has 0 spiro atoms. The Bertz CT molecular complexity index is 1520. The standard InChI is InChI=1S/C40H44N4O4/c45-39(41-37-19-9-7-17-35(37)31-13-3-1-4-14-31)47-33-21-27-43(28-22-33)25-11-12-26-44-29-23-34(24-30-44)48-40(46)42-38-20-10-8-18-36(38)32-15-5-2-6-16-32/h1-20,33-34H,21-30H2,(H,41,45)(H,42,46). The first kappa shape index (κ1) is 33.0. The number of carbonyl (C=O) groups is 2. The predicted octanol–water partition coefficient (Wildman–Crippen LogP) is 8.30. The van der Waals surface area contributed by atoms with Crippen molar-refractivity contribution in [3.05, 3.63) is 121 Å². The number of anilines is 2. The van der Waals surface area contributed by atoms with Crippen LogP contribution in [-0.2, 0) is 9.47 Å². The molecule has 2 aliphatic heterocycles. The molecular weight excluding hydrogens is 600 g/mol. The number of nitrogens with one attached hydrogen (secondary N) is 2. The van der Waals surface area contributed by atoms with Gasteiger partial charge in [0.2, 0.25) is 0 Å². The van der Waals surface area contributed by atoms with Crippen molar-refractivity contribution in [2.45, 2.75) is 37.9 Å². The molecule has 48 heavy (non-hydrogen) atoms. The summed E-state index contributed by atoms with van der Waals surface area (Å²) in [5, 5.41) is 5.90. The van der Waals surface area contributed by atoms with Crippen molar-refractivity contribution in [1.29, 1.82) is 0 Å². The lowest BCUT2D eigenvalue weighted by Crippen LogP contribution is -2.39. The zero-order valence-corrected chi connectivity index (χ0v) is 27.3. The SMILES string of the molecule is O=C(Nc1ccccc1-c1ccccc1)OC1CCN(CC=CCN2CCC(OC(=O)Nc3ccccc3-c3ccccc3)CC2)CC1. The summed E-state index contributed by atoms with van der Waals surface area (Å²) in [7, 11) is 0. The van der Waals surface area contributed by atoms with Crippen LogP contribution in [0.4, 0.5) is 21.0 Å². The summed E-state index contributed by atoms with van der Waals surface area (Å²) in [4.78, 5) is 30.2. The van der Waals surface area contributed by atoms with E-state index in [0.717, 1.165) is 98.6 Å². The molecule has 0 atom stereocenters.